The van der Waals surface area contributed by atoms with E-state index in [0.717, 1.165) is 0 Å². The second kappa shape index (κ2) is 4.75. The number of hydrogen-bond donors (Lipinski definition) is 0. The van der Waals surface area contributed by atoms with Crippen molar-refractivity contribution in [2.24, 2.45) is 4.99 Å². The van der Waals surface area contributed by atoms with Crippen LogP contribution in [0.1, 0.15) is 18.1 Å². The van der Waals surface area contributed by atoms with Crippen molar-refractivity contribution >= 4 is 23.1 Å². The average molecular weight is 209 g/mol. The molecule has 0 fully saturated rings. The summed E-state index contributed by atoms with van der Waals surface area (Å²) in [6, 6.07) is 12.7. The molecule has 0 saturated carbocycles. The van der Waals surface area contributed by atoms with E-state index in [0.29, 0.717) is 0 Å². The predicted octanol–water partition coefficient (Wildman–Crippen LogP) is 3.92. The van der Waals surface area contributed by atoms with Gasteiger partial charge in [0.15, 0.2) is 0 Å². The summed E-state index contributed by atoms with van der Waals surface area (Å²) in [5, 5.41) is 2.51. The lowest BCUT2D eigenvalue weighted by molar-refractivity contribution is 1.46. The molecule has 0 heterocycles. The fourth-order valence-electron chi connectivity index (χ4n) is 1.91. The Labute approximate surface area is 96.1 Å². The van der Waals surface area contributed by atoms with E-state index in [1.54, 1.807) is 7.05 Å². The number of allylic oxidation sites excluding steroid dienone is 1. The van der Waals surface area contributed by atoms with E-state index in [1.807, 2.05) is 13.1 Å². The largest absolute Gasteiger partial charge is 0.296 e. The molecular formula is C15H15N. The van der Waals surface area contributed by atoms with Crippen LogP contribution in [-0.4, -0.2) is 13.3 Å². The number of fused-ring (bicyclic) bond motifs is 1. The SMILES string of the molecule is C/C=C\c1ccc2ccccc2c1C=NC. The van der Waals surface area contributed by atoms with Crippen LogP contribution in [0.15, 0.2) is 47.5 Å². The van der Waals surface area contributed by atoms with Gasteiger partial charge in [-0.05, 0) is 23.3 Å². The van der Waals surface area contributed by atoms with Gasteiger partial charge in [0.25, 0.3) is 0 Å². The first-order valence-electron chi connectivity index (χ1n) is 5.43. The van der Waals surface area contributed by atoms with E-state index in [-0.39, 0.29) is 0 Å². The molecule has 0 N–H and O–H groups in total. The van der Waals surface area contributed by atoms with Crippen LogP contribution in [0.25, 0.3) is 16.8 Å². The normalized spacial score (nSPS) is 11.9. The Balaban J connectivity index is 2.78. The minimum Gasteiger partial charge on any atom is -0.296 e. The Morgan fingerprint density at radius 3 is 2.62 bits per heavy atom. The van der Waals surface area contributed by atoms with Crippen molar-refractivity contribution in [3.63, 3.8) is 0 Å². The van der Waals surface area contributed by atoms with E-state index < -0.39 is 0 Å². The Hall–Kier alpha value is -1.89. The number of hydrogen-bond acceptors (Lipinski definition) is 1. The van der Waals surface area contributed by atoms with Crippen molar-refractivity contribution in [1.82, 2.24) is 0 Å². The highest BCUT2D eigenvalue weighted by Crippen LogP contribution is 2.22. The summed E-state index contributed by atoms with van der Waals surface area (Å²) in [5.74, 6) is 0. The van der Waals surface area contributed by atoms with Gasteiger partial charge in [0.05, 0.1) is 0 Å². The van der Waals surface area contributed by atoms with Crippen molar-refractivity contribution < 1.29 is 0 Å². The standard InChI is InChI=1S/C15H15N/c1-3-6-12-9-10-13-7-4-5-8-14(13)15(12)11-16-2/h3-11H,1-2H3/b6-3-,16-11?. The maximum atomic E-state index is 4.14. The summed E-state index contributed by atoms with van der Waals surface area (Å²) >= 11 is 0. The van der Waals surface area contributed by atoms with Gasteiger partial charge in [0.2, 0.25) is 0 Å². The molecule has 0 aliphatic carbocycles. The van der Waals surface area contributed by atoms with Crippen LogP contribution in [0.4, 0.5) is 0 Å². The highest BCUT2D eigenvalue weighted by atomic mass is 14.6. The van der Waals surface area contributed by atoms with Crippen molar-refractivity contribution in [2.45, 2.75) is 6.92 Å². The molecule has 0 radical (unpaired) electrons. The van der Waals surface area contributed by atoms with Gasteiger partial charge in [-0.25, -0.2) is 0 Å². The molecule has 0 aliphatic heterocycles. The monoisotopic (exact) mass is 209 g/mol. The van der Waals surface area contributed by atoms with Crippen LogP contribution < -0.4 is 0 Å². The quantitative estimate of drug-likeness (QED) is 0.665. The third kappa shape index (κ3) is 1.89. The van der Waals surface area contributed by atoms with Gasteiger partial charge in [-0.2, -0.15) is 0 Å². The maximum absolute atomic E-state index is 4.14. The number of nitrogens with zero attached hydrogens (tertiary/aromatic N) is 1. The topological polar surface area (TPSA) is 12.4 Å². The summed E-state index contributed by atoms with van der Waals surface area (Å²) in [5.41, 5.74) is 2.41. The van der Waals surface area contributed by atoms with Gasteiger partial charge in [-0.1, -0.05) is 48.6 Å². The van der Waals surface area contributed by atoms with Crippen LogP contribution in [0.2, 0.25) is 0 Å². The highest BCUT2D eigenvalue weighted by molar-refractivity contribution is 6.03. The molecule has 0 bridgehead atoms. The zero-order chi connectivity index (χ0) is 11.4. The van der Waals surface area contributed by atoms with E-state index in [2.05, 4.69) is 53.5 Å². The Morgan fingerprint density at radius 1 is 1.06 bits per heavy atom. The van der Waals surface area contributed by atoms with Crippen molar-refractivity contribution in [2.75, 3.05) is 7.05 Å². The zero-order valence-electron chi connectivity index (χ0n) is 9.64. The first kappa shape index (κ1) is 10.6. The van der Waals surface area contributed by atoms with Crippen LogP contribution in [0, 0.1) is 0 Å². The predicted molar refractivity (Wildman–Crippen MR) is 72.2 cm³/mol. The van der Waals surface area contributed by atoms with Crippen LogP contribution in [0.5, 0.6) is 0 Å². The van der Waals surface area contributed by atoms with Crippen molar-refractivity contribution in [1.29, 1.82) is 0 Å². The highest BCUT2D eigenvalue weighted by Gasteiger charge is 2.02. The Bertz CT molecular complexity index is 550. The third-order valence-corrected chi connectivity index (χ3v) is 2.61. The number of aliphatic imine (C=N–C) groups is 1. The summed E-state index contributed by atoms with van der Waals surface area (Å²) < 4.78 is 0. The second-order valence-electron chi connectivity index (χ2n) is 3.68. The molecule has 80 valence electrons. The molecule has 0 spiro atoms. The van der Waals surface area contributed by atoms with Gasteiger partial charge in [0.1, 0.15) is 0 Å². The van der Waals surface area contributed by atoms with Crippen LogP contribution >= 0.6 is 0 Å². The van der Waals surface area contributed by atoms with Crippen LogP contribution in [0.3, 0.4) is 0 Å². The van der Waals surface area contributed by atoms with Crippen molar-refractivity contribution in [3.8, 4) is 0 Å². The van der Waals surface area contributed by atoms with E-state index in [1.165, 1.54) is 21.9 Å². The summed E-state index contributed by atoms with van der Waals surface area (Å²) in [4.78, 5) is 4.14. The molecule has 1 nitrogen and oxygen atoms in total. The second-order valence-corrected chi connectivity index (χ2v) is 3.68. The summed E-state index contributed by atoms with van der Waals surface area (Å²) in [6.07, 6.45) is 6.10. The average Bonchev–Trinajstić information content (AvgIpc) is 2.32. The molecule has 1 heteroatoms. The molecule has 2 aromatic carbocycles. The van der Waals surface area contributed by atoms with E-state index in [9.17, 15) is 0 Å². The van der Waals surface area contributed by atoms with Gasteiger partial charge in [-0.15, -0.1) is 0 Å². The molecule has 0 amide bonds. The van der Waals surface area contributed by atoms with E-state index >= 15 is 0 Å². The lowest BCUT2D eigenvalue weighted by Gasteiger charge is -2.06. The molecule has 0 unspecified atom stereocenters. The lowest BCUT2D eigenvalue weighted by Crippen LogP contribution is -1.89. The summed E-state index contributed by atoms with van der Waals surface area (Å²) in [7, 11) is 1.81. The molecule has 0 aromatic heterocycles. The molecule has 0 aliphatic rings. The van der Waals surface area contributed by atoms with E-state index in [4.69, 9.17) is 0 Å². The summed E-state index contributed by atoms with van der Waals surface area (Å²) in [6.45, 7) is 2.03. The molecule has 0 atom stereocenters. The molecule has 16 heavy (non-hydrogen) atoms. The Kier molecular flexibility index (Phi) is 3.16. The minimum absolute atomic E-state index is 1.19. The van der Waals surface area contributed by atoms with Gasteiger partial charge in [-0.3, -0.25) is 4.99 Å². The van der Waals surface area contributed by atoms with Crippen molar-refractivity contribution in [3.05, 3.63) is 53.6 Å². The molecular weight excluding hydrogens is 194 g/mol. The molecule has 2 rings (SSSR count). The maximum Gasteiger partial charge on any atom is 0.0293 e. The number of rotatable bonds is 2. The Morgan fingerprint density at radius 2 is 1.88 bits per heavy atom. The van der Waals surface area contributed by atoms with Gasteiger partial charge >= 0.3 is 0 Å². The minimum atomic E-state index is 1.19. The molecule has 0 saturated heterocycles. The lowest BCUT2D eigenvalue weighted by atomic mass is 9.99. The molecule has 2 aromatic rings. The van der Waals surface area contributed by atoms with Gasteiger partial charge in [0, 0.05) is 18.8 Å². The fourth-order valence-corrected chi connectivity index (χ4v) is 1.91. The third-order valence-electron chi connectivity index (χ3n) is 2.61. The number of benzene rings is 2. The zero-order valence-corrected chi connectivity index (χ0v) is 9.64. The smallest absolute Gasteiger partial charge is 0.0293 e. The fraction of sp³-hybridized carbons (Fsp3) is 0.133. The van der Waals surface area contributed by atoms with Crippen LogP contribution in [-0.2, 0) is 0 Å². The van der Waals surface area contributed by atoms with Gasteiger partial charge < -0.3 is 0 Å². The first-order chi connectivity index (χ1) is 7.86. The first-order valence-corrected chi connectivity index (χ1v) is 5.43.